The molecule has 0 fully saturated rings. The van der Waals surface area contributed by atoms with E-state index in [0.717, 1.165) is 42.7 Å². The molecule has 0 aliphatic carbocycles. The number of hydrogen-bond acceptors (Lipinski definition) is 8. The Hall–Kier alpha value is -4.08. The number of nitrogens with zero attached hydrogens (tertiary/aromatic N) is 4. The van der Waals surface area contributed by atoms with Crippen LogP contribution in [0.25, 0.3) is 21.5 Å². The molecule has 5 rings (SSSR count). The Morgan fingerprint density at radius 3 is 2.00 bits per heavy atom. The van der Waals surface area contributed by atoms with E-state index in [2.05, 4.69) is 22.8 Å². The maximum atomic E-state index is 9.17. The van der Waals surface area contributed by atoms with Crippen molar-refractivity contribution < 1.29 is 0 Å². The van der Waals surface area contributed by atoms with Gasteiger partial charge in [0.05, 0.1) is 11.4 Å². The minimum atomic E-state index is 0.0653. The SMILES string of the molecule is N#CC(C#N)=C1Nc2cc3cc4ccc5c(c4cc3cc2S1)SC(=C(C#N)C#N)N5. The monoisotopic (exact) mass is 420 g/mol. The summed E-state index contributed by atoms with van der Waals surface area (Å²) in [5, 5.41) is 48.2. The maximum Gasteiger partial charge on any atom is 0.160 e. The summed E-state index contributed by atoms with van der Waals surface area (Å²) in [5.41, 5.74) is 1.88. The summed E-state index contributed by atoms with van der Waals surface area (Å²) in [5.74, 6) is 0. The van der Waals surface area contributed by atoms with Gasteiger partial charge in [0.25, 0.3) is 0 Å². The largest absolute Gasteiger partial charge is 0.347 e. The minimum absolute atomic E-state index is 0.0653. The zero-order chi connectivity index (χ0) is 20.8. The van der Waals surface area contributed by atoms with Gasteiger partial charge in [-0.2, -0.15) is 21.0 Å². The molecule has 0 amide bonds. The van der Waals surface area contributed by atoms with Crippen LogP contribution in [0.4, 0.5) is 11.4 Å². The summed E-state index contributed by atoms with van der Waals surface area (Å²) in [6, 6.07) is 19.9. The van der Waals surface area contributed by atoms with Gasteiger partial charge in [0.1, 0.15) is 34.3 Å². The number of hydrogen-bond donors (Lipinski definition) is 2. The molecular formula is C22H8N6S2. The van der Waals surface area contributed by atoms with Gasteiger partial charge in [-0.1, -0.05) is 29.6 Å². The van der Waals surface area contributed by atoms with E-state index in [1.54, 1.807) is 0 Å². The molecule has 3 aromatic rings. The van der Waals surface area contributed by atoms with E-state index in [4.69, 9.17) is 21.0 Å². The fraction of sp³-hybridized carbons (Fsp3) is 0. The summed E-state index contributed by atoms with van der Waals surface area (Å²) in [4.78, 5) is 1.94. The van der Waals surface area contributed by atoms with Gasteiger partial charge < -0.3 is 10.6 Å². The third-order valence-electron chi connectivity index (χ3n) is 4.84. The molecule has 8 heteroatoms. The lowest BCUT2D eigenvalue weighted by atomic mass is 10.0. The highest BCUT2D eigenvalue weighted by molar-refractivity contribution is 8.04. The Morgan fingerprint density at radius 2 is 1.30 bits per heavy atom. The van der Waals surface area contributed by atoms with E-state index in [9.17, 15) is 0 Å². The standard InChI is InChI=1S/C22H8N6S2/c23-7-14(8-24)21-28-18-5-12-3-11-1-2-17-20(30-22(27-17)15(9-25)10-26)16(11)4-13(12)6-19(18)29-21/h1-6,27-28H. The average Bonchev–Trinajstić information content (AvgIpc) is 3.36. The van der Waals surface area contributed by atoms with Gasteiger partial charge in [-0.05, 0) is 51.9 Å². The summed E-state index contributed by atoms with van der Waals surface area (Å²) < 4.78 is 0. The maximum absolute atomic E-state index is 9.17. The lowest BCUT2D eigenvalue weighted by Gasteiger charge is -2.08. The minimum Gasteiger partial charge on any atom is -0.347 e. The zero-order valence-corrected chi connectivity index (χ0v) is 16.7. The van der Waals surface area contributed by atoms with Crippen molar-refractivity contribution in [3.63, 3.8) is 0 Å². The van der Waals surface area contributed by atoms with Crippen LogP contribution in [-0.2, 0) is 0 Å². The predicted molar refractivity (Wildman–Crippen MR) is 117 cm³/mol. The van der Waals surface area contributed by atoms with Crippen molar-refractivity contribution in [2.75, 3.05) is 10.6 Å². The molecule has 6 nitrogen and oxygen atoms in total. The first-order valence-electron chi connectivity index (χ1n) is 8.68. The predicted octanol–water partition coefficient (Wildman–Crippen LogP) is 5.55. The molecular weight excluding hydrogens is 412 g/mol. The fourth-order valence-electron chi connectivity index (χ4n) is 3.45. The molecule has 0 saturated carbocycles. The summed E-state index contributed by atoms with van der Waals surface area (Å²) in [6.07, 6.45) is 0. The first-order valence-corrected chi connectivity index (χ1v) is 10.3. The molecule has 0 atom stereocenters. The first kappa shape index (κ1) is 18.0. The van der Waals surface area contributed by atoms with E-state index in [-0.39, 0.29) is 11.1 Å². The molecule has 2 aliphatic rings. The van der Waals surface area contributed by atoms with Gasteiger partial charge in [-0.3, -0.25) is 0 Å². The lowest BCUT2D eigenvalue weighted by Crippen LogP contribution is -1.92. The second kappa shape index (κ2) is 6.76. The van der Waals surface area contributed by atoms with E-state index >= 15 is 0 Å². The molecule has 0 radical (unpaired) electrons. The van der Waals surface area contributed by atoms with Gasteiger partial charge in [-0.25, -0.2) is 0 Å². The van der Waals surface area contributed by atoms with Crippen molar-refractivity contribution in [2.24, 2.45) is 0 Å². The Morgan fingerprint density at radius 1 is 0.667 bits per heavy atom. The van der Waals surface area contributed by atoms with Crippen LogP contribution in [0.3, 0.4) is 0 Å². The molecule has 2 aliphatic heterocycles. The van der Waals surface area contributed by atoms with Crippen molar-refractivity contribution in [1.82, 2.24) is 0 Å². The number of nitrogens with one attached hydrogen (secondary N) is 2. The Balaban J connectivity index is 1.67. The molecule has 3 aromatic carbocycles. The van der Waals surface area contributed by atoms with Crippen molar-refractivity contribution in [2.45, 2.75) is 9.79 Å². The van der Waals surface area contributed by atoms with Gasteiger partial charge in [0, 0.05) is 9.79 Å². The zero-order valence-electron chi connectivity index (χ0n) is 15.1. The second-order valence-corrected chi connectivity index (χ2v) is 8.59. The molecule has 138 valence electrons. The molecule has 2 N–H and O–H groups in total. The third kappa shape index (κ3) is 2.65. The van der Waals surface area contributed by atoms with Gasteiger partial charge in [0.2, 0.25) is 0 Å². The quantitative estimate of drug-likeness (QED) is 0.359. The van der Waals surface area contributed by atoms with Gasteiger partial charge >= 0.3 is 0 Å². The summed E-state index contributed by atoms with van der Waals surface area (Å²) in [6.45, 7) is 0. The number of allylic oxidation sites excluding steroid dienone is 2. The average molecular weight is 420 g/mol. The highest BCUT2D eigenvalue weighted by Crippen LogP contribution is 2.48. The van der Waals surface area contributed by atoms with E-state index in [1.807, 2.05) is 48.5 Å². The van der Waals surface area contributed by atoms with Crippen molar-refractivity contribution in [1.29, 1.82) is 21.0 Å². The van der Waals surface area contributed by atoms with Crippen LogP contribution >= 0.6 is 23.5 Å². The topological polar surface area (TPSA) is 119 Å². The highest BCUT2D eigenvalue weighted by Gasteiger charge is 2.24. The number of rotatable bonds is 0. The number of fused-ring (bicyclic) bond motifs is 5. The smallest absolute Gasteiger partial charge is 0.160 e. The van der Waals surface area contributed by atoms with Crippen LogP contribution < -0.4 is 10.6 Å². The molecule has 30 heavy (non-hydrogen) atoms. The van der Waals surface area contributed by atoms with Crippen LogP contribution in [0.15, 0.2) is 67.4 Å². The number of anilines is 2. The van der Waals surface area contributed by atoms with Crippen LogP contribution in [0.5, 0.6) is 0 Å². The van der Waals surface area contributed by atoms with E-state index in [1.165, 1.54) is 23.5 Å². The van der Waals surface area contributed by atoms with E-state index in [0.29, 0.717) is 10.1 Å². The van der Waals surface area contributed by atoms with Crippen LogP contribution in [0, 0.1) is 45.3 Å². The highest BCUT2D eigenvalue weighted by atomic mass is 32.2. The van der Waals surface area contributed by atoms with Gasteiger partial charge in [0.15, 0.2) is 11.1 Å². The van der Waals surface area contributed by atoms with Gasteiger partial charge in [-0.15, -0.1) is 0 Å². The molecule has 0 unspecified atom stereocenters. The molecule has 0 bridgehead atoms. The summed E-state index contributed by atoms with van der Waals surface area (Å²) >= 11 is 2.77. The van der Waals surface area contributed by atoms with Crippen LogP contribution in [-0.4, -0.2) is 0 Å². The first-order chi connectivity index (χ1) is 14.6. The number of benzene rings is 3. The van der Waals surface area contributed by atoms with Crippen molar-refractivity contribution in [3.8, 4) is 24.3 Å². The van der Waals surface area contributed by atoms with Crippen molar-refractivity contribution in [3.05, 3.63) is 57.6 Å². The Bertz CT molecular complexity index is 1500. The molecule has 0 spiro atoms. The molecule has 0 saturated heterocycles. The Labute approximate surface area is 179 Å². The van der Waals surface area contributed by atoms with Crippen molar-refractivity contribution >= 4 is 56.4 Å². The Kier molecular flexibility index (Phi) is 4.05. The second-order valence-electron chi connectivity index (χ2n) is 6.52. The summed E-state index contributed by atoms with van der Waals surface area (Å²) in [7, 11) is 0. The lowest BCUT2D eigenvalue weighted by molar-refractivity contribution is 1.43. The molecule has 0 aromatic heterocycles. The van der Waals surface area contributed by atoms with Crippen LogP contribution in [0.1, 0.15) is 0 Å². The van der Waals surface area contributed by atoms with E-state index < -0.39 is 0 Å². The number of nitriles is 4. The molecule has 2 heterocycles. The third-order valence-corrected chi connectivity index (χ3v) is 7.06. The van der Waals surface area contributed by atoms with Crippen LogP contribution in [0.2, 0.25) is 0 Å². The number of thioether (sulfide) groups is 2. The normalized spacial score (nSPS) is 13.3. The fourth-order valence-corrected chi connectivity index (χ4v) is 5.51.